The summed E-state index contributed by atoms with van der Waals surface area (Å²) in [5, 5.41) is 36.4. The molecule has 1 aliphatic heterocycles. The number of aryl methyl sites for hydroxylation is 1. The van der Waals surface area contributed by atoms with Gasteiger partial charge < -0.3 is 40.2 Å². The van der Waals surface area contributed by atoms with Crippen molar-refractivity contribution in [1.82, 2.24) is 5.32 Å². The molecule has 0 spiro atoms. The highest BCUT2D eigenvalue weighted by molar-refractivity contribution is 7.98. The molecule has 37 heavy (non-hydrogen) atoms. The predicted molar refractivity (Wildman–Crippen MR) is 139 cm³/mol. The lowest BCUT2D eigenvalue weighted by Crippen LogP contribution is -2.55. The summed E-state index contributed by atoms with van der Waals surface area (Å²) >= 11 is 1.35. The zero-order valence-electron chi connectivity index (χ0n) is 21.1. The number of hydrogen-bond acceptors (Lipinski definition) is 10. The summed E-state index contributed by atoms with van der Waals surface area (Å²) < 4.78 is 17.1. The Morgan fingerprint density at radius 3 is 2.49 bits per heavy atom. The molecule has 2 aliphatic rings. The van der Waals surface area contributed by atoms with Gasteiger partial charge in [0.1, 0.15) is 18.3 Å². The number of fused-ring (bicyclic) bond motifs is 3. The van der Waals surface area contributed by atoms with Crippen LogP contribution < -0.4 is 25.5 Å². The molecule has 5 N–H and O–H groups in total. The number of methoxy groups -OCH3 is 2. The van der Waals surface area contributed by atoms with Gasteiger partial charge in [0.05, 0.1) is 37.5 Å². The van der Waals surface area contributed by atoms with Crippen LogP contribution in [-0.2, 0) is 16.0 Å². The first-order valence-corrected chi connectivity index (χ1v) is 13.1. The Labute approximate surface area is 219 Å². The average Bonchev–Trinajstić information content (AvgIpc) is 3.11. The number of anilines is 1. The molecular weight excluding hydrogens is 500 g/mol. The second kappa shape index (κ2) is 11.3. The number of nitrogens with one attached hydrogen (secondary N) is 2. The summed E-state index contributed by atoms with van der Waals surface area (Å²) in [6.07, 6.45) is -2.07. The summed E-state index contributed by atoms with van der Waals surface area (Å²) in [7, 11) is 3.00. The molecule has 0 unspecified atom stereocenters. The Morgan fingerprint density at radius 1 is 1.11 bits per heavy atom. The van der Waals surface area contributed by atoms with Gasteiger partial charge in [0, 0.05) is 12.5 Å². The Morgan fingerprint density at radius 2 is 1.84 bits per heavy atom. The molecule has 2 aromatic carbocycles. The highest BCUT2D eigenvalue weighted by atomic mass is 32.2. The number of amides is 1. The minimum atomic E-state index is -1.39. The van der Waals surface area contributed by atoms with Gasteiger partial charge in [-0.2, -0.15) is 0 Å². The van der Waals surface area contributed by atoms with Gasteiger partial charge in [0.15, 0.2) is 23.2 Å². The molecule has 5 atom stereocenters. The molecule has 0 bridgehead atoms. The van der Waals surface area contributed by atoms with E-state index >= 15 is 0 Å². The fraction of sp³-hybridized carbons (Fsp3) is 0.462. The number of ether oxygens (including phenoxy) is 3. The maximum absolute atomic E-state index is 12.9. The average molecular weight is 533 g/mol. The smallest absolute Gasteiger partial charge is 0.217 e. The molecule has 0 saturated carbocycles. The van der Waals surface area contributed by atoms with E-state index in [-0.39, 0.29) is 17.9 Å². The van der Waals surface area contributed by atoms with E-state index in [4.69, 9.17) is 14.2 Å². The summed E-state index contributed by atoms with van der Waals surface area (Å²) in [6, 6.07) is 6.66. The first kappa shape index (κ1) is 27.2. The summed E-state index contributed by atoms with van der Waals surface area (Å²) in [6.45, 7) is 1.29. The van der Waals surface area contributed by atoms with Crippen LogP contribution in [0.3, 0.4) is 0 Å². The molecule has 0 radical (unpaired) electrons. The van der Waals surface area contributed by atoms with Crippen molar-refractivity contribution in [2.75, 3.05) is 32.4 Å². The van der Waals surface area contributed by atoms with Crippen molar-refractivity contribution in [2.45, 2.75) is 55.2 Å². The van der Waals surface area contributed by atoms with Gasteiger partial charge in [0.25, 0.3) is 0 Å². The van der Waals surface area contributed by atoms with E-state index in [9.17, 15) is 24.9 Å². The van der Waals surface area contributed by atoms with Gasteiger partial charge in [0.2, 0.25) is 5.91 Å². The van der Waals surface area contributed by atoms with Crippen LogP contribution in [0.15, 0.2) is 34.0 Å². The predicted octanol–water partition coefficient (Wildman–Crippen LogP) is 1.43. The van der Waals surface area contributed by atoms with Crippen LogP contribution in [0.5, 0.6) is 11.5 Å². The van der Waals surface area contributed by atoms with E-state index in [1.165, 1.54) is 32.9 Å². The van der Waals surface area contributed by atoms with E-state index in [0.717, 1.165) is 16.7 Å². The highest BCUT2D eigenvalue weighted by Crippen LogP contribution is 2.49. The van der Waals surface area contributed by atoms with Gasteiger partial charge in [-0.15, -0.1) is 11.8 Å². The van der Waals surface area contributed by atoms with Gasteiger partial charge in [-0.1, -0.05) is 6.07 Å². The SMILES string of the molecule is COc1c(N[C@@H]2OC[C@@H](O)[C@H](O)[C@@H]2O)cc2c(c1OC)-c1ccc(SC)c(=O)cc1[C@@H](NC(C)=O)CC2. The summed E-state index contributed by atoms with van der Waals surface area (Å²) in [4.78, 5) is 25.6. The normalized spacial score (nSPS) is 24.8. The third-order valence-electron chi connectivity index (χ3n) is 6.71. The van der Waals surface area contributed by atoms with Crippen LogP contribution in [0, 0.1) is 0 Å². The minimum absolute atomic E-state index is 0.138. The van der Waals surface area contributed by atoms with Crippen molar-refractivity contribution in [2.24, 2.45) is 0 Å². The van der Waals surface area contributed by atoms with Crippen LogP contribution in [0.4, 0.5) is 5.69 Å². The van der Waals surface area contributed by atoms with Crippen molar-refractivity contribution in [1.29, 1.82) is 0 Å². The lowest BCUT2D eigenvalue weighted by atomic mass is 9.95. The van der Waals surface area contributed by atoms with E-state index in [1.54, 1.807) is 12.1 Å². The van der Waals surface area contributed by atoms with Crippen LogP contribution in [-0.4, -0.2) is 72.8 Å². The van der Waals surface area contributed by atoms with Crippen molar-refractivity contribution in [3.8, 4) is 22.6 Å². The van der Waals surface area contributed by atoms with E-state index < -0.39 is 30.6 Å². The Hall–Kier alpha value is -2.83. The number of aliphatic hydroxyl groups is 3. The maximum Gasteiger partial charge on any atom is 0.217 e. The number of carbonyl (C=O) groups excluding carboxylic acids is 1. The van der Waals surface area contributed by atoms with Crippen LogP contribution in [0.2, 0.25) is 0 Å². The van der Waals surface area contributed by atoms with Crippen molar-refractivity contribution in [3.05, 3.63) is 45.6 Å². The Balaban J connectivity index is 1.90. The number of hydrogen-bond donors (Lipinski definition) is 5. The first-order chi connectivity index (χ1) is 17.7. The monoisotopic (exact) mass is 532 g/mol. The second-order valence-corrected chi connectivity index (χ2v) is 9.89. The number of thioether (sulfide) groups is 1. The molecule has 0 aromatic heterocycles. The molecule has 4 rings (SSSR count). The standard InChI is InChI=1S/C26H32N2O8S/c1-12(29)27-16-7-5-13-9-17(28-26-23(33)22(32)19(31)11-36-26)24(34-2)25(35-3)21(13)14-6-8-20(37-4)18(30)10-15(14)16/h6,8-10,16,19,22-23,26,28,31-33H,5,7,11H2,1-4H3,(H,27,29)/t16-,19+,22-,23-,26+/m0/s1. The van der Waals surface area contributed by atoms with Gasteiger partial charge in [-0.05, 0) is 54.0 Å². The number of benzene rings is 1. The number of carbonyl (C=O) groups is 1. The van der Waals surface area contributed by atoms with Crippen molar-refractivity contribution < 1.29 is 34.3 Å². The molecule has 1 saturated heterocycles. The molecule has 11 heteroatoms. The quantitative estimate of drug-likeness (QED) is 0.346. The highest BCUT2D eigenvalue weighted by Gasteiger charge is 2.38. The fourth-order valence-corrected chi connectivity index (χ4v) is 5.40. The van der Waals surface area contributed by atoms with Gasteiger partial charge in [-0.3, -0.25) is 9.59 Å². The van der Waals surface area contributed by atoms with Crippen LogP contribution >= 0.6 is 11.8 Å². The summed E-state index contributed by atoms with van der Waals surface area (Å²) in [5.74, 6) is 0.532. The Kier molecular flexibility index (Phi) is 8.29. The van der Waals surface area contributed by atoms with Crippen LogP contribution in [0.25, 0.3) is 11.1 Å². The lowest BCUT2D eigenvalue weighted by Gasteiger charge is -2.36. The zero-order valence-corrected chi connectivity index (χ0v) is 21.9. The zero-order chi connectivity index (χ0) is 26.9. The molecular formula is C26H32N2O8S. The Bertz CT molecular complexity index is 1240. The van der Waals surface area contributed by atoms with Crippen molar-refractivity contribution in [3.63, 3.8) is 0 Å². The van der Waals surface area contributed by atoms with Crippen molar-refractivity contribution >= 4 is 23.4 Å². The topological polar surface area (TPSA) is 147 Å². The molecule has 1 aliphatic carbocycles. The molecule has 200 valence electrons. The lowest BCUT2D eigenvalue weighted by molar-refractivity contribution is -0.178. The first-order valence-electron chi connectivity index (χ1n) is 11.9. The molecule has 10 nitrogen and oxygen atoms in total. The third-order valence-corrected chi connectivity index (χ3v) is 7.49. The largest absolute Gasteiger partial charge is 0.492 e. The van der Waals surface area contributed by atoms with Gasteiger partial charge >= 0.3 is 0 Å². The fourth-order valence-electron chi connectivity index (χ4n) is 4.94. The number of aliphatic hydroxyl groups excluding tert-OH is 3. The minimum Gasteiger partial charge on any atom is -0.492 e. The van der Waals surface area contributed by atoms with Gasteiger partial charge in [-0.25, -0.2) is 0 Å². The summed E-state index contributed by atoms with van der Waals surface area (Å²) in [5.41, 5.74) is 3.34. The van der Waals surface area contributed by atoms with E-state index in [0.29, 0.717) is 40.5 Å². The van der Waals surface area contributed by atoms with E-state index in [1.807, 2.05) is 18.4 Å². The maximum atomic E-state index is 12.9. The molecule has 2 aromatic rings. The molecule has 1 fully saturated rings. The molecule has 1 heterocycles. The van der Waals surface area contributed by atoms with Crippen LogP contribution in [0.1, 0.15) is 30.5 Å². The number of rotatable bonds is 6. The second-order valence-electron chi connectivity index (χ2n) is 9.04. The third kappa shape index (κ3) is 5.27. The van der Waals surface area contributed by atoms with E-state index in [2.05, 4.69) is 10.6 Å². The molecule has 1 amide bonds.